The number of fused-ring (bicyclic) bond motifs is 1. The van der Waals surface area contributed by atoms with Crippen LogP contribution in [0.25, 0.3) is 11.2 Å². The maximum Gasteiger partial charge on any atom is 0.166 e. The highest BCUT2D eigenvalue weighted by molar-refractivity contribution is 7.98. The number of rotatable bonds is 5. The second kappa shape index (κ2) is 7.83. The lowest BCUT2D eigenvalue weighted by Gasteiger charge is -2.16. The number of hydrogen-bond donors (Lipinski definition) is 3. The number of benzene rings is 1. The van der Waals surface area contributed by atoms with Crippen LogP contribution in [0.5, 0.6) is 0 Å². The van der Waals surface area contributed by atoms with Gasteiger partial charge in [0.05, 0.1) is 24.6 Å². The monoisotopic (exact) mass is 399 g/mol. The van der Waals surface area contributed by atoms with Crippen LogP contribution in [0.4, 0.5) is 0 Å². The van der Waals surface area contributed by atoms with Gasteiger partial charge in [0.1, 0.15) is 35.2 Å². The van der Waals surface area contributed by atoms with Crippen molar-refractivity contribution in [1.29, 1.82) is 5.26 Å². The average molecular weight is 399 g/mol. The van der Waals surface area contributed by atoms with Crippen molar-refractivity contribution in [1.82, 2.24) is 19.5 Å². The Hall–Kier alpha value is -2.55. The minimum absolute atomic E-state index is 0.401. The van der Waals surface area contributed by atoms with Crippen molar-refractivity contribution in [2.24, 2.45) is 0 Å². The van der Waals surface area contributed by atoms with Gasteiger partial charge in [0.2, 0.25) is 0 Å². The first kappa shape index (κ1) is 18.8. The zero-order valence-corrected chi connectivity index (χ0v) is 15.4. The van der Waals surface area contributed by atoms with Crippen molar-refractivity contribution >= 4 is 22.9 Å². The van der Waals surface area contributed by atoms with Crippen molar-refractivity contribution in [3.8, 4) is 6.07 Å². The van der Waals surface area contributed by atoms with Crippen LogP contribution in [-0.4, -0.2) is 59.8 Å². The molecule has 4 atom stereocenters. The summed E-state index contributed by atoms with van der Waals surface area (Å²) in [5, 5.41) is 39.0. The standard InChI is InChI=1S/C18H17N5O4S/c19-5-10-1-3-11(4-2-10)7-28-17-13-16(20-8-21-17)23(9-22-13)18-15(26)14(25)12(6-24)27-18/h1-4,8-9,12,14-15,18,24-26H,6-7H2/t12-,14-,15-,18-/m1/s1. The number of thioether (sulfide) groups is 1. The molecule has 3 N–H and O–H groups in total. The third kappa shape index (κ3) is 3.34. The topological polar surface area (TPSA) is 137 Å². The predicted octanol–water partition coefficient (Wildman–Crippen LogP) is 0.602. The molecule has 0 spiro atoms. The van der Waals surface area contributed by atoms with Crippen LogP contribution in [0, 0.1) is 11.3 Å². The van der Waals surface area contributed by atoms with Crippen molar-refractivity contribution < 1.29 is 20.1 Å². The number of hydrogen-bond acceptors (Lipinski definition) is 9. The number of aliphatic hydroxyl groups excluding tert-OH is 3. The number of imidazole rings is 1. The zero-order valence-electron chi connectivity index (χ0n) is 14.6. The van der Waals surface area contributed by atoms with E-state index >= 15 is 0 Å². The largest absolute Gasteiger partial charge is 0.394 e. The molecule has 1 aliphatic rings. The van der Waals surface area contributed by atoms with Crippen LogP contribution in [0.15, 0.2) is 41.9 Å². The second-order valence-electron chi connectivity index (χ2n) is 6.33. The normalized spacial score (nSPS) is 24.5. The van der Waals surface area contributed by atoms with Gasteiger partial charge >= 0.3 is 0 Å². The molecule has 3 heterocycles. The quantitative estimate of drug-likeness (QED) is 0.416. The fourth-order valence-electron chi connectivity index (χ4n) is 3.06. The van der Waals surface area contributed by atoms with Crippen molar-refractivity contribution in [3.05, 3.63) is 48.0 Å². The van der Waals surface area contributed by atoms with E-state index in [2.05, 4.69) is 21.0 Å². The molecule has 3 aromatic rings. The first-order valence-electron chi connectivity index (χ1n) is 8.54. The molecule has 144 valence electrons. The second-order valence-corrected chi connectivity index (χ2v) is 7.29. The number of nitrogens with zero attached hydrogens (tertiary/aromatic N) is 5. The lowest BCUT2D eigenvalue weighted by Crippen LogP contribution is -2.33. The van der Waals surface area contributed by atoms with E-state index in [1.54, 1.807) is 12.1 Å². The van der Waals surface area contributed by atoms with Gasteiger partial charge in [0, 0.05) is 5.75 Å². The van der Waals surface area contributed by atoms with E-state index in [-0.39, 0.29) is 0 Å². The summed E-state index contributed by atoms with van der Waals surface area (Å²) in [7, 11) is 0. The predicted molar refractivity (Wildman–Crippen MR) is 99.1 cm³/mol. The Morgan fingerprint density at radius 2 is 1.93 bits per heavy atom. The zero-order chi connectivity index (χ0) is 19.7. The van der Waals surface area contributed by atoms with Gasteiger partial charge in [0.25, 0.3) is 0 Å². The molecule has 9 nitrogen and oxygen atoms in total. The fraction of sp³-hybridized carbons (Fsp3) is 0.333. The van der Waals surface area contributed by atoms with Gasteiger partial charge in [-0.15, -0.1) is 0 Å². The van der Waals surface area contributed by atoms with Crippen LogP contribution in [0.3, 0.4) is 0 Å². The Morgan fingerprint density at radius 1 is 1.14 bits per heavy atom. The average Bonchev–Trinajstić information content (AvgIpc) is 3.28. The molecule has 0 aliphatic carbocycles. The minimum atomic E-state index is -1.21. The molecule has 28 heavy (non-hydrogen) atoms. The van der Waals surface area contributed by atoms with Crippen LogP contribution in [0.1, 0.15) is 17.4 Å². The SMILES string of the molecule is N#Cc1ccc(CSc2ncnc3c2ncn3[C@@H]2O[C@H](CO)[C@@H](O)[C@H]2O)cc1. The van der Waals surface area contributed by atoms with E-state index in [0.29, 0.717) is 27.5 Å². The molecule has 0 unspecified atom stereocenters. The molecular weight excluding hydrogens is 382 g/mol. The fourth-order valence-corrected chi connectivity index (χ4v) is 3.96. The van der Waals surface area contributed by atoms with E-state index in [4.69, 9.17) is 10.00 Å². The van der Waals surface area contributed by atoms with Crippen LogP contribution >= 0.6 is 11.8 Å². The van der Waals surface area contributed by atoms with Gasteiger partial charge in [0.15, 0.2) is 11.9 Å². The van der Waals surface area contributed by atoms with Crippen LogP contribution in [0.2, 0.25) is 0 Å². The first-order chi connectivity index (χ1) is 13.6. The molecule has 1 aliphatic heterocycles. The lowest BCUT2D eigenvalue weighted by molar-refractivity contribution is -0.0511. The summed E-state index contributed by atoms with van der Waals surface area (Å²) in [5.41, 5.74) is 2.67. The molecular formula is C18H17N5O4S. The minimum Gasteiger partial charge on any atom is -0.394 e. The number of aliphatic hydroxyl groups is 3. The summed E-state index contributed by atoms with van der Waals surface area (Å²) in [5.74, 6) is 0.637. The Labute approximate surface area is 164 Å². The molecule has 1 saturated heterocycles. The Morgan fingerprint density at radius 3 is 2.61 bits per heavy atom. The van der Waals surface area contributed by atoms with Crippen molar-refractivity contribution in [3.63, 3.8) is 0 Å². The highest BCUT2D eigenvalue weighted by Gasteiger charge is 2.44. The van der Waals surface area contributed by atoms with Crippen molar-refractivity contribution in [2.45, 2.75) is 35.3 Å². The molecule has 0 saturated carbocycles. The van der Waals surface area contributed by atoms with Crippen molar-refractivity contribution in [2.75, 3.05) is 6.61 Å². The molecule has 4 rings (SSSR count). The van der Waals surface area contributed by atoms with Gasteiger partial charge in [-0.3, -0.25) is 4.57 Å². The lowest BCUT2D eigenvalue weighted by atomic mass is 10.1. The summed E-state index contributed by atoms with van der Waals surface area (Å²) in [6.45, 7) is -0.401. The van der Waals surface area contributed by atoms with Gasteiger partial charge < -0.3 is 20.1 Å². The molecule has 0 amide bonds. The maximum absolute atomic E-state index is 10.2. The van der Waals surface area contributed by atoms with Gasteiger partial charge in [-0.25, -0.2) is 15.0 Å². The number of ether oxygens (including phenoxy) is 1. The highest BCUT2D eigenvalue weighted by atomic mass is 32.2. The summed E-state index contributed by atoms with van der Waals surface area (Å²) < 4.78 is 7.09. The molecule has 0 bridgehead atoms. The van der Waals surface area contributed by atoms with Crippen LogP contribution < -0.4 is 0 Å². The molecule has 2 aromatic heterocycles. The third-order valence-electron chi connectivity index (χ3n) is 4.58. The molecule has 1 aromatic carbocycles. The molecule has 1 fully saturated rings. The highest BCUT2D eigenvalue weighted by Crippen LogP contribution is 2.33. The van der Waals surface area contributed by atoms with E-state index in [1.165, 1.54) is 29.0 Å². The molecule has 0 radical (unpaired) electrons. The van der Waals surface area contributed by atoms with Crippen LogP contribution in [-0.2, 0) is 10.5 Å². The van der Waals surface area contributed by atoms with E-state index in [0.717, 1.165) is 5.56 Å². The smallest absolute Gasteiger partial charge is 0.166 e. The third-order valence-corrected chi connectivity index (χ3v) is 5.62. The first-order valence-corrected chi connectivity index (χ1v) is 9.52. The molecule has 10 heteroatoms. The van der Waals surface area contributed by atoms with Gasteiger partial charge in [-0.2, -0.15) is 5.26 Å². The maximum atomic E-state index is 10.2. The summed E-state index contributed by atoms with van der Waals surface area (Å²) in [6.07, 6.45) is -1.29. The Kier molecular flexibility index (Phi) is 5.25. The Bertz CT molecular complexity index is 1020. The van der Waals surface area contributed by atoms with Gasteiger partial charge in [-0.1, -0.05) is 23.9 Å². The summed E-state index contributed by atoms with van der Waals surface area (Å²) in [4.78, 5) is 12.9. The summed E-state index contributed by atoms with van der Waals surface area (Å²) >= 11 is 1.48. The van der Waals surface area contributed by atoms with E-state index in [9.17, 15) is 15.3 Å². The van der Waals surface area contributed by atoms with E-state index in [1.807, 2.05) is 12.1 Å². The van der Waals surface area contributed by atoms with Gasteiger partial charge in [-0.05, 0) is 17.7 Å². The Balaban J connectivity index is 1.57. The van der Waals surface area contributed by atoms with E-state index < -0.39 is 31.1 Å². The summed E-state index contributed by atoms with van der Waals surface area (Å²) in [6, 6.07) is 9.40. The number of aromatic nitrogens is 4. The number of nitriles is 1.